The predicted molar refractivity (Wildman–Crippen MR) is 101 cm³/mol. The number of fused-ring (bicyclic) bond motifs is 1. The Morgan fingerprint density at radius 1 is 1.00 bits per heavy atom. The summed E-state index contributed by atoms with van der Waals surface area (Å²) < 4.78 is 1.18. The molecule has 26 heavy (non-hydrogen) atoms. The van der Waals surface area contributed by atoms with E-state index in [9.17, 15) is 9.59 Å². The van der Waals surface area contributed by atoms with Crippen molar-refractivity contribution in [1.29, 1.82) is 0 Å². The molecule has 0 saturated heterocycles. The highest BCUT2D eigenvalue weighted by molar-refractivity contribution is 6.01. The highest BCUT2D eigenvalue weighted by Gasteiger charge is 2.10. The SMILES string of the molecule is O=C(Cn1nc(-c2ccccc2)ccc1=O)Nc1cccc2[nH]ccc12. The van der Waals surface area contributed by atoms with E-state index in [1.54, 1.807) is 6.07 Å². The second-order valence-electron chi connectivity index (χ2n) is 5.87. The summed E-state index contributed by atoms with van der Waals surface area (Å²) in [5.41, 5.74) is 2.84. The van der Waals surface area contributed by atoms with E-state index in [4.69, 9.17) is 0 Å². The van der Waals surface area contributed by atoms with Crippen molar-refractivity contribution in [2.75, 3.05) is 5.32 Å². The number of nitrogens with one attached hydrogen (secondary N) is 2. The molecule has 0 spiro atoms. The third-order valence-electron chi connectivity index (χ3n) is 4.10. The highest BCUT2D eigenvalue weighted by Crippen LogP contribution is 2.22. The van der Waals surface area contributed by atoms with Crippen LogP contribution in [0.2, 0.25) is 0 Å². The summed E-state index contributed by atoms with van der Waals surface area (Å²) in [6.07, 6.45) is 1.82. The number of hydrogen-bond donors (Lipinski definition) is 2. The average Bonchev–Trinajstić information content (AvgIpc) is 3.14. The third kappa shape index (κ3) is 3.12. The van der Waals surface area contributed by atoms with Crippen LogP contribution < -0.4 is 10.9 Å². The van der Waals surface area contributed by atoms with Gasteiger partial charge in [-0.15, -0.1) is 0 Å². The topological polar surface area (TPSA) is 79.8 Å². The molecule has 0 aliphatic heterocycles. The van der Waals surface area contributed by atoms with Crippen LogP contribution in [0.25, 0.3) is 22.2 Å². The molecule has 0 atom stereocenters. The predicted octanol–water partition coefficient (Wildman–Crippen LogP) is 3.03. The number of benzene rings is 2. The minimum absolute atomic E-state index is 0.152. The van der Waals surface area contributed by atoms with Crippen molar-refractivity contribution < 1.29 is 4.79 Å². The van der Waals surface area contributed by atoms with Gasteiger partial charge in [-0.05, 0) is 24.3 Å². The molecule has 0 bridgehead atoms. The number of carbonyl (C=O) groups excluding carboxylic acids is 1. The standard InChI is InChI=1S/C20H16N4O2/c25-19(22-18-8-4-7-17-15(18)11-12-21-17)13-24-20(26)10-9-16(23-24)14-5-2-1-3-6-14/h1-12,21H,13H2,(H,22,25). The molecule has 4 rings (SSSR count). The molecule has 128 valence electrons. The van der Waals surface area contributed by atoms with Gasteiger partial charge in [-0.3, -0.25) is 9.59 Å². The largest absolute Gasteiger partial charge is 0.361 e. The van der Waals surface area contributed by atoms with E-state index < -0.39 is 0 Å². The minimum Gasteiger partial charge on any atom is -0.361 e. The molecule has 6 nitrogen and oxygen atoms in total. The van der Waals surface area contributed by atoms with Crippen LogP contribution in [-0.2, 0) is 11.3 Å². The second-order valence-corrected chi connectivity index (χ2v) is 5.87. The zero-order valence-corrected chi connectivity index (χ0v) is 13.8. The molecule has 2 aromatic carbocycles. The van der Waals surface area contributed by atoms with Gasteiger partial charge in [0.05, 0.1) is 11.4 Å². The molecular weight excluding hydrogens is 328 g/mol. The van der Waals surface area contributed by atoms with E-state index in [1.807, 2.05) is 60.8 Å². The first-order valence-electron chi connectivity index (χ1n) is 8.20. The summed E-state index contributed by atoms with van der Waals surface area (Å²) in [7, 11) is 0. The molecule has 2 heterocycles. The average molecular weight is 344 g/mol. The van der Waals surface area contributed by atoms with E-state index in [0.29, 0.717) is 11.4 Å². The lowest BCUT2D eigenvalue weighted by Gasteiger charge is -2.09. The Balaban J connectivity index is 1.58. The maximum atomic E-state index is 12.4. The van der Waals surface area contributed by atoms with Crippen LogP contribution in [0.15, 0.2) is 77.7 Å². The Morgan fingerprint density at radius 3 is 2.69 bits per heavy atom. The summed E-state index contributed by atoms with van der Waals surface area (Å²) in [5.74, 6) is -0.307. The van der Waals surface area contributed by atoms with Crippen LogP contribution in [-0.4, -0.2) is 20.7 Å². The van der Waals surface area contributed by atoms with E-state index in [0.717, 1.165) is 16.5 Å². The fourth-order valence-electron chi connectivity index (χ4n) is 2.85. The fourth-order valence-corrected chi connectivity index (χ4v) is 2.85. The molecule has 1 amide bonds. The molecule has 4 aromatic rings. The Hall–Kier alpha value is -3.67. The second kappa shape index (κ2) is 6.68. The molecule has 0 aliphatic carbocycles. The molecule has 6 heteroatoms. The van der Waals surface area contributed by atoms with E-state index >= 15 is 0 Å². The van der Waals surface area contributed by atoms with Crippen LogP contribution in [0.4, 0.5) is 5.69 Å². The van der Waals surface area contributed by atoms with Crippen LogP contribution in [0.3, 0.4) is 0 Å². The first-order chi connectivity index (χ1) is 12.7. The van der Waals surface area contributed by atoms with Crippen molar-refractivity contribution in [3.8, 4) is 11.3 Å². The lowest BCUT2D eigenvalue weighted by molar-refractivity contribution is -0.117. The van der Waals surface area contributed by atoms with Crippen molar-refractivity contribution in [2.45, 2.75) is 6.54 Å². The van der Waals surface area contributed by atoms with Gasteiger partial charge in [0.2, 0.25) is 5.91 Å². The molecular formula is C20H16N4O2. The number of rotatable bonds is 4. The third-order valence-corrected chi connectivity index (χ3v) is 4.10. The fraction of sp³-hybridized carbons (Fsp3) is 0.0500. The van der Waals surface area contributed by atoms with Gasteiger partial charge in [0.1, 0.15) is 6.54 Å². The summed E-state index contributed by atoms with van der Waals surface area (Å²) in [5, 5.41) is 8.08. The number of hydrogen-bond acceptors (Lipinski definition) is 3. The van der Waals surface area contributed by atoms with E-state index in [-0.39, 0.29) is 18.0 Å². The smallest absolute Gasteiger partial charge is 0.267 e. The van der Waals surface area contributed by atoms with Gasteiger partial charge < -0.3 is 10.3 Å². The molecule has 0 fully saturated rings. The minimum atomic E-state index is -0.320. The normalized spacial score (nSPS) is 10.8. The lowest BCUT2D eigenvalue weighted by atomic mass is 10.1. The van der Waals surface area contributed by atoms with Crippen molar-refractivity contribution in [3.05, 3.63) is 83.3 Å². The number of anilines is 1. The van der Waals surface area contributed by atoms with Gasteiger partial charge in [0.25, 0.3) is 5.56 Å². The van der Waals surface area contributed by atoms with Crippen LogP contribution in [0.5, 0.6) is 0 Å². The molecule has 0 unspecified atom stereocenters. The summed E-state index contributed by atoms with van der Waals surface area (Å²) in [6, 6.07) is 20.1. The number of carbonyl (C=O) groups is 1. The Labute approximate surface area is 149 Å². The monoisotopic (exact) mass is 344 g/mol. The summed E-state index contributed by atoms with van der Waals surface area (Å²) in [4.78, 5) is 27.6. The Kier molecular flexibility index (Phi) is 4.07. The van der Waals surface area contributed by atoms with Gasteiger partial charge >= 0.3 is 0 Å². The summed E-state index contributed by atoms with van der Waals surface area (Å²) >= 11 is 0. The van der Waals surface area contributed by atoms with E-state index in [2.05, 4.69) is 15.4 Å². The maximum Gasteiger partial charge on any atom is 0.267 e. The number of aromatic amines is 1. The number of aromatic nitrogens is 3. The van der Waals surface area contributed by atoms with Gasteiger partial charge in [-0.25, -0.2) is 4.68 Å². The first-order valence-corrected chi connectivity index (χ1v) is 8.20. The number of nitrogens with zero attached hydrogens (tertiary/aromatic N) is 2. The quantitative estimate of drug-likeness (QED) is 0.597. The number of amides is 1. The Morgan fingerprint density at radius 2 is 1.85 bits per heavy atom. The van der Waals surface area contributed by atoms with Crippen molar-refractivity contribution in [3.63, 3.8) is 0 Å². The van der Waals surface area contributed by atoms with Gasteiger partial charge in [-0.1, -0.05) is 36.4 Å². The van der Waals surface area contributed by atoms with Crippen LogP contribution in [0, 0.1) is 0 Å². The summed E-state index contributed by atoms with van der Waals surface area (Å²) in [6.45, 7) is -0.152. The molecule has 0 radical (unpaired) electrons. The number of H-pyrrole nitrogens is 1. The van der Waals surface area contributed by atoms with E-state index in [1.165, 1.54) is 10.7 Å². The molecule has 0 saturated carbocycles. The van der Waals surface area contributed by atoms with Crippen LogP contribution in [0.1, 0.15) is 0 Å². The zero-order valence-electron chi connectivity index (χ0n) is 13.8. The van der Waals surface area contributed by atoms with Crippen LogP contribution >= 0.6 is 0 Å². The van der Waals surface area contributed by atoms with Crippen molar-refractivity contribution in [1.82, 2.24) is 14.8 Å². The molecule has 2 aromatic heterocycles. The molecule has 2 N–H and O–H groups in total. The maximum absolute atomic E-state index is 12.4. The molecule has 0 aliphatic rings. The lowest BCUT2D eigenvalue weighted by Crippen LogP contribution is -2.29. The Bertz CT molecular complexity index is 1130. The first kappa shape index (κ1) is 15.8. The zero-order chi connectivity index (χ0) is 17.9. The van der Waals surface area contributed by atoms with Crippen molar-refractivity contribution in [2.24, 2.45) is 0 Å². The highest BCUT2D eigenvalue weighted by atomic mass is 16.2. The van der Waals surface area contributed by atoms with Gasteiger partial charge in [0, 0.05) is 28.7 Å². The van der Waals surface area contributed by atoms with Crippen molar-refractivity contribution >= 4 is 22.5 Å². The van der Waals surface area contributed by atoms with Gasteiger partial charge in [0.15, 0.2) is 0 Å². The van der Waals surface area contributed by atoms with Gasteiger partial charge in [-0.2, -0.15) is 5.10 Å².